The fraction of sp³-hybridized carbons (Fsp3) is 0.455. The second kappa shape index (κ2) is 12.7. The van der Waals surface area contributed by atoms with Gasteiger partial charge in [-0.2, -0.15) is 0 Å². The Bertz CT molecular complexity index is 1300. The molecule has 5 rings (SSSR count). The molecule has 0 spiro atoms. The Hall–Kier alpha value is -2.90. The van der Waals surface area contributed by atoms with Crippen LogP contribution in [0.25, 0.3) is 0 Å². The number of hydrogen-bond acceptors (Lipinski definition) is 6. The summed E-state index contributed by atoms with van der Waals surface area (Å²) >= 11 is 3.75. The summed E-state index contributed by atoms with van der Waals surface area (Å²) < 4.78 is 18.4. The molecule has 1 aliphatic heterocycles. The maximum Gasteiger partial charge on any atom is 0.175 e. The molecule has 0 bridgehead atoms. The standard InChI is InChI=1S/C33H38BrNO5/c1-4-39-29-19-23(18-24(34)33(29)40-20-22-14-12-21(2)13-15-22)30-31-25(8-5-10-27(31)36)35(16-7-17-38-3)26-9-6-11-28(37)32(26)30/h12-15,18-19,30H,4-11,16-17,20H2,1-3H3. The number of carbonyl (C=O) groups is 2. The van der Waals surface area contributed by atoms with E-state index >= 15 is 0 Å². The summed E-state index contributed by atoms with van der Waals surface area (Å²) in [7, 11) is 1.71. The van der Waals surface area contributed by atoms with Gasteiger partial charge in [0.15, 0.2) is 23.1 Å². The van der Waals surface area contributed by atoms with E-state index < -0.39 is 5.92 Å². The van der Waals surface area contributed by atoms with E-state index in [0.717, 1.165) is 76.8 Å². The number of allylic oxidation sites excluding steroid dienone is 4. The summed E-state index contributed by atoms with van der Waals surface area (Å²) in [6.07, 6.45) is 5.21. The lowest BCUT2D eigenvalue weighted by Gasteiger charge is -2.44. The minimum atomic E-state index is -0.397. The van der Waals surface area contributed by atoms with E-state index in [2.05, 4.69) is 52.0 Å². The molecule has 2 aromatic rings. The van der Waals surface area contributed by atoms with Crippen molar-refractivity contribution in [3.8, 4) is 11.5 Å². The van der Waals surface area contributed by atoms with Gasteiger partial charge >= 0.3 is 0 Å². The average Bonchev–Trinajstić information content (AvgIpc) is 2.94. The Balaban J connectivity index is 1.58. The van der Waals surface area contributed by atoms with Gasteiger partial charge in [0.25, 0.3) is 0 Å². The second-order valence-corrected chi connectivity index (χ2v) is 11.6. The van der Waals surface area contributed by atoms with E-state index in [1.165, 1.54) is 5.56 Å². The number of hydrogen-bond donors (Lipinski definition) is 0. The molecule has 0 saturated carbocycles. The number of halogens is 1. The van der Waals surface area contributed by atoms with E-state index in [1.807, 2.05) is 19.1 Å². The molecule has 2 aromatic carbocycles. The van der Waals surface area contributed by atoms with Crippen molar-refractivity contribution >= 4 is 27.5 Å². The number of methoxy groups -OCH3 is 1. The van der Waals surface area contributed by atoms with Crippen molar-refractivity contribution < 1.29 is 23.8 Å². The molecule has 0 aromatic heterocycles. The van der Waals surface area contributed by atoms with Gasteiger partial charge in [0.05, 0.1) is 11.1 Å². The summed E-state index contributed by atoms with van der Waals surface area (Å²) in [6, 6.07) is 12.2. The van der Waals surface area contributed by atoms with Crippen LogP contribution >= 0.6 is 15.9 Å². The third-order valence-corrected chi connectivity index (χ3v) is 8.57. The van der Waals surface area contributed by atoms with Crippen LogP contribution in [0.1, 0.15) is 74.5 Å². The molecule has 0 unspecified atom stereocenters. The fourth-order valence-electron chi connectivity index (χ4n) is 6.18. The topological polar surface area (TPSA) is 65.1 Å². The lowest BCUT2D eigenvalue weighted by atomic mass is 9.71. The Morgan fingerprint density at radius 3 is 2.17 bits per heavy atom. The first-order valence-electron chi connectivity index (χ1n) is 14.4. The van der Waals surface area contributed by atoms with E-state index in [-0.39, 0.29) is 11.6 Å². The van der Waals surface area contributed by atoms with Crippen LogP contribution < -0.4 is 9.47 Å². The summed E-state index contributed by atoms with van der Waals surface area (Å²) in [5, 5.41) is 0. The molecule has 1 heterocycles. The largest absolute Gasteiger partial charge is 0.490 e. The van der Waals surface area contributed by atoms with Crippen LogP contribution in [0.3, 0.4) is 0 Å². The van der Waals surface area contributed by atoms with Gasteiger partial charge in [0, 0.05) is 61.6 Å². The summed E-state index contributed by atoms with van der Waals surface area (Å²) in [5.74, 6) is 1.11. The molecular formula is C33H38BrNO5. The quantitative estimate of drug-likeness (QED) is 0.266. The minimum absolute atomic E-state index is 0.140. The number of Topliss-reactive ketones (excluding diaryl/α,β-unsaturated/α-hetero) is 2. The molecule has 2 aliphatic carbocycles. The first-order valence-corrected chi connectivity index (χ1v) is 15.2. The predicted molar refractivity (Wildman–Crippen MR) is 159 cm³/mol. The van der Waals surface area contributed by atoms with Crippen LogP contribution in [0.15, 0.2) is 63.4 Å². The Morgan fingerprint density at radius 2 is 1.57 bits per heavy atom. The van der Waals surface area contributed by atoms with Crippen molar-refractivity contribution in [2.75, 3.05) is 26.9 Å². The number of ether oxygens (including phenoxy) is 3. The molecule has 3 aliphatic rings. The average molecular weight is 609 g/mol. The zero-order chi connectivity index (χ0) is 28.2. The summed E-state index contributed by atoms with van der Waals surface area (Å²) in [6.45, 7) is 6.26. The van der Waals surface area contributed by atoms with Crippen molar-refractivity contribution in [3.63, 3.8) is 0 Å². The zero-order valence-electron chi connectivity index (χ0n) is 23.7. The maximum atomic E-state index is 13.6. The number of rotatable bonds is 10. The van der Waals surface area contributed by atoms with Crippen LogP contribution in [-0.2, 0) is 20.9 Å². The van der Waals surface area contributed by atoms with Crippen molar-refractivity contribution in [1.29, 1.82) is 0 Å². The lowest BCUT2D eigenvalue weighted by Crippen LogP contribution is -2.39. The second-order valence-electron chi connectivity index (χ2n) is 10.7. The van der Waals surface area contributed by atoms with Crippen LogP contribution in [0.5, 0.6) is 11.5 Å². The van der Waals surface area contributed by atoms with E-state index in [9.17, 15) is 9.59 Å². The number of nitrogens with zero attached hydrogens (tertiary/aromatic N) is 1. The number of carbonyl (C=O) groups excluding carboxylic acids is 2. The molecule has 0 atom stereocenters. The van der Waals surface area contributed by atoms with Gasteiger partial charge in [-0.3, -0.25) is 9.59 Å². The van der Waals surface area contributed by atoms with Crippen molar-refractivity contribution in [1.82, 2.24) is 4.90 Å². The van der Waals surface area contributed by atoms with Crippen LogP contribution in [0, 0.1) is 6.92 Å². The lowest BCUT2D eigenvalue weighted by molar-refractivity contribution is -0.117. The highest BCUT2D eigenvalue weighted by molar-refractivity contribution is 9.10. The van der Waals surface area contributed by atoms with E-state index in [0.29, 0.717) is 44.2 Å². The van der Waals surface area contributed by atoms with Gasteiger partial charge in [-0.15, -0.1) is 0 Å². The van der Waals surface area contributed by atoms with Crippen molar-refractivity contribution in [2.45, 2.75) is 71.3 Å². The van der Waals surface area contributed by atoms with Gasteiger partial charge in [-0.25, -0.2) is 0 Å². The van der Waals surface area contributed by atoms with Gasteiger partial charge in [0.1, 0.15) is 6.61 Å². The first kappa shape index (κ1) is 28.6. The third-order valence-electron chi connectivity index (χ3n) is 7.99. The predicted octanol–water partition coefficient (Wildman–Crippen LogP) is 7.19. The SMILES string of the molecule is CCOc1cc(C2C3=C(CCCC3=O)N(CCCOC)C3=C2C(=O)CCC3)cc(Br)c1OCc1ccc(C)cc1. The smallest absolute Gasteiger partial charge is 0.175 e. The van der Waals surface area contributed by atoms with Crippen LogP contribution in [0.2, 0.25) is 0 Å². The Labute approximate surface area is 245 Å². The molecule has 0 fully saturated rings. The molecule has 212 valence electrons. The van der Waals surface area contributed by atoms with Crippen LogP contribution in [-0.4, -0.2) is 43.3 Å². The fourth-order valence-corrected chi connectivity index (χ4v) is 6.76. The number of aryl methyl sites for hydroxylation is 1. The van der Waals surface area contributed by atoms with Gasteiger partial charge in [-0.05, 0) is 85.1 Å². The number of ketones is 2. The van der Waals surface area contributed by atoms with Crippen LogP contribution in [0.4, 0.5) is 0 Å². The van der Waals surface area contributed by atoms with Gasteiger partial charge < -0.3 is 19.1 Å². The van der Waals surface area contributed by atoms with E-state index in [1.54, 1.807) is 7.11 Å². The highest BCUT2D eigenvalue weighted by Gasteiger charge is 2.43. The molecule has 40 heavy (non-hydrogen) atoms. The third kappa shape index (κ3) is 5.77. The minimum Gasteiger partial charge on any atom is -0.490 e. The van der Waals surface area contributed by atoms with Crippen molar-refractivity contribution in [2.24, 2.45) is 0 Å². The highest BCUT2D eigenvalue weighted by atomic mass is 79.9. The zero-order valence-corrected chi connectivity index (χ0v) is 25.3. The molecule has 0 radical (unpaired) electrons. The molecular weight excluding hydrogens is 570 g/mol. The molecule has 0 amide bonds. The van der Waals surface area contributed by atoms with Gasteiger partial charge in [0.2, 0.25) is 0 Å². The van der Waals surface area contributed by atoms with Gasteiger partial charge in [-0.1, -0.05) is 29.8 Å². The maximum absolute atomic E-state index is 13.6. The monoisotopic (exact) mass is 607 g/mol. The molecule has 0 N–H and O–H groups in total. The first-order chi connectivity index (χ1) is 19.4. The Morgan fingerprint density at radius 1 is 0.925 bits per heavy atom. The summed E-state index contributed by atoms with van der Waals surface area (Å²) in [5.41, 5.74) is 6.88. The highest BCUT2D eigenvalue weighted by Crippen LogP contribution is 2.51. The molecule has 7 heteroatoms. The normalized spacial score (nSPS) is 17.8. The molecule has 0 saturated heterocycles. The van der Waals surface area contributed by atoms with E-state index in [4.69, 9.17) is 14.2 Å². The number of benzene rings is 2. The Kier molecular flexibility index (Phi) is 9.11. The summed E-state index contributed by atoms with van der Waals surface area (Å²) in [4.78, 5) is 29.5. The molecule has 6 nitrogen and oxygen atoms in total. The van der Waals surface area contributed by atoms with Crippen molar-refractivity contribution in [3.05, 3.63) is 80.1 Å².